The van der Waals surface area contributed by atoms with Gasteiger partial charge in [-0.3, -0.25) is 4.79 Å². The van der Waals surface area contributed by atoms with E-state index in [-0.39, 0.29) is 6.61 Å². The Hall–Kier alpha value is -0.850. The van der Waals surface area contributed by atoms with Gasteiger partial charge in [0.15, 0.2) is 0 Å². The van der Waals surface area contributed by atoms with Gasteiger partial charge in [-0.15, -0.1) is 0 Å². The van der Waals surface area contributed by atoms with Crippen molar-refractivity contribution in [2.24, 2.45) is 5.73 Å². The molecule has 1 atom stereocenters. The molecule has 1 heterocycles. The number of nitrogens with zero attached hydrogens (tertiary/aromatic N) is 1. The molecule has 0 bridgehead atoms. The normalized spacial score (nSPS) is 12.0. The number of esters is 1. The van der Waals surface area contributed by atoms with Crippen LogP contribution in [0, 0.1) is 0 Å². The summed E-state index contributed by atoms with van der Waals surface area (Å²) in [5.41, 5.74) is 5.49. The lowest BCUT2D eigenvalue weighted by Crippen LogP contribution is -2.37. The zero-order valence-electron chi connectivity index (χ0n) is 8.44. The fourth-order valence-electron chi connectivity index (χ4n) is 0.896. The van der Waals surface area contributed by atoms with Crippen LogP contribution in [-0.2, 0) is 9.53 Å². The first-order chi connectivity index (χ1) is 7.54. The van der Waals surface area contributed by atoms with Crippen molar-refractivity contribution in [2.75, 3.05) is 13.7 Å². The number of methoxy groups -OCH3 is 1. The maximum absolute atomic E-state index is 11.0. The Bertz CT molecular complexity index is 389. The number of hydrogen-bond donors (Lipinski definition) is 1. The van der Waals surface area contributed by atoms with Gasteiger partial charge in [0.1, 0.15) is 12.6 Å². The molecule has 0 spiro atoms. The van der Waals surface area contributed by atoms with Crippen LogP contribution in [0.3, 0.4) is 0 Å². The SMILES string of the molecule is COC(=O)C(N)COc1ncc(Cl)cc1Br. The molecule has 88 valence electrons. The zero-order valence-corrected chi connectivity index (χ0v) is 10.8. The summed E-state index contributed by atoms with van der Waals surface area (Å²) in [5.74, 6) is -0.214. The minimum absolute atomic E-state index is 0.0140. The second-order valence-electron chi connectivity index (χ2n) is 2.88. The largest absolute Gasteiger partial charge is 0.475 e. The van der Waals surface area contributed by atoms with Gasteiger partial charge in [0, 0.05) is 6.20 Å². The highest BCUT2D eigenvalue weighted by Gasteiger charge is 2.15. The molecule has 0 aliphatic carbocycles. The summed E-state index contributed by atoms with van der Waals surface area (Å²) in [6.45, 7) is -0.0140. The van der Waals surface area contributed by atoms with Gasteiger partial charge in [-0.05, 0) is 22.0 Å². The summed E-state index contributed by atoms with van der Waals surface area (Å²) < 4.78 is 10.3. The molecule has 0 amide bonds. The van der Waals surface area contributed by atoms with Crippen LogP contribution in [0.1, 0.15) is 0 Å². The van der Waals surface area contributed by atoms with Crippen molar-refractivity contribution >= 4 is 33.5 Å². The van der Waals surface area contributed by atoms with Crippen molar-refractivity contribution in [1.82, 2.24) is 4.98 Å². The Morgan fingerprint density at radius 1 is 1.75 bits per heavy atom. The van der Waals surface area contributed by atoms with Crippen LogP contribution in [0.2, 0.25) is 5.02 Å². The molecule has 16 heavy (non-hydrogen) atoms. The Morgan fingerprint density at radius 2 is 2.44 bits per heavy atom. The number of ether oxygens (including phenoxy) is 2. The Morgan fingerprint density at radius 3 is 3.00 bits per heavy atom. The summed E-state index contributed by atoms with van der Waals surface area (Å²) in [5, 5.41) is 0.483. The molecule has 0 aliphatic rings. The minimum Gasteiger partial charge on any atom is -0.475 e. The van der Waals surface area contributed by atoms with Gasteiger partial charge in [-0.25, -0.2) is 4.98 Å². The zero-order chi connectivity index (χ0) is 12.1. The molecule has 1 rings (SSSR count). The first-order valence-corrected chi connectivity index (χ1v) is 5.49. The molecule has 5 nitrogen and oxygen atoms in total. The quantitative estimate of drug-likeness (QED) is 0.851. The minimum atomic E-state index is -0.839. The van der Waals surface area contributed by atoms with E-state index in [1.807, 2.05) is 0 Å². The van der Waals surface area contributed by atoms with Crippen LogP contribution < -0.4 is 10.5 Å². The summed E-state index contributed by atoms with van der Waals surface area (Å²) in [7, 11) is 1.26. The van der Waals surface area contributed by atoms with Crippen molar-refractivity contribution in [3.05, 3.63) is 21.8 Å². The lowest BCUT2D eigenvalue weighted by atomic mass is 10.3. The third kappa shape index (κ3) is 3.62. The fourth-order valence-corrected chi connectivity index (χ4v) is 1.65. The molecule has 0 aliphatic heterocycles. The van der Waals surface area contributed by atoms with E-state index < -0.39 is 12.0 Å². The Kier molecular flexibility index (Phi) is 4.98. The third-order valence-corrected chi connectivity index (χ3v) is 2.45. The van der Waals surface area contributed by atoms with Gasteiger partial charge >= 0.3 is 5.97 Å². The highest BCUT2D eigenvalue weighted by Crippen LogP contribution is 2.24. The molecule has 0 aromatic carbocycles. The molecule has 0 fully saturated rings. The van der Waals surface area contributed by atoms with E-state index in [1.54, 1.807) is 6.07 Å². The summed E-state index contributed by atoms with van der Waals surface area (Å²) in [4.78, 5) is 14.9. The number of aromatic nitrogens is 1. The predicted octanol–water partition coefficient (Wildman–Crippen LogP) is 1.38. The van der Waals surface area contributed by atoms with Gasteiger partial charge in [0.05, 0.1) is 16.6 Å². The number of pyridine rings is 1. The maximum Gasteiger partial charge on any atom is 0.326 e. The van der Waals surface area contributed by atoms with E-state index in [2.05, 4.69) is 25.7 Å². The maximum atomic E-state index is 11.0. The predicted molar refractivity (Wildman–Crippen MR) is 62.4 cm³/mol. The number of nitrogens with two attached hydrogens (primary N) is 1. The fraction of sp³-hybridized carbons (Fsp3) is 0.333. The summed E-state index contributed by atoms with van der Waals surface area (Å²) in [6, 6.07) is 0.794. The summed E-state index contributed by atoms with van der Waals surface area (Å²) in [6.07, 6.45) is 1.44. The number of carbonyl (C=O) groups excluding carboxylic acids is 1. The molecule has 2 N–H and O–H groups in total. The molecule has 0 saturated carbocycles. The summed E-state index contributed by atoms with van der Waals surface area (Å²) >= 11 is 8.93. The standard InChI is InChI=1S/C9H10BrClN2O3/c1-15-9(14)7(12)4-16-8-6(10)2-5(11)3-13-8/h2-3,7H,4,12H2,1H3. The van der Waals surface area contributed by atoms with Crippen molar-refractivity contribution in [1.29, 1.82) is 0 Å². The van der Waals surface area contributed by atoms with Gasteiger partial charge in [-0.2, -0.15) is 0 Å². The van der Waals surface area contributed by atoms with Crippen LogP contribution in [0.5, 0.6) is 5.88 Å². The second-order valence-corrected chi connectivity index (χ2v) is 4.17. The van der Waals surface area contributed by atoms with E-state index in [1.165, 1.54) is 13.3 Å². The number of rotatable bonds is 4. The molecular weight excluding hydrogens is 299 g/mol. The van der Waals surface area contributed by atoms with Gasteiger partial charge in [0.2, 0.25) is 5.88 Å². The molecule has 0 saturated heterocycles. The van der Waals surface area contributed by atoms with Crippen molar-refractivity contribution in [2.45, 2.75) is 6.04 Å². The molecular formula is C9H10BrClN2O3. The first-order valence-electron chi connectivity index (χ1n) is 4.32. The van der Waals surface area contributed by atoms with E-state index in [0.29, 0.717) is 15.4 Å². The van der Waals surface area contributed by atoms with Crippen LogP contribution in [-0.4, -0.2) is 30.7 Å². The van der Waals surface area contributed by atoms with Crippen LogP contribution in [0.4, 0.5) is 0 Å². The monoisotopic (exact) mass is 308 g/mol. The smallest absolute Gasteiger partial charge is 0.326 e. The van der Waals surface area contributed by atoms with Crippen LogP contribution in [0.25, 0.3) is 0 Å². The second kappa shape index (κ2) is 6.03. The first kappa shape index (κ1) is 13.2. The van der Waals surface area contributed by atoms with Gasteiger partial charge in [0.25, 0.3) is 0 Å². The van der Waals surface area contributed by atoms with Gasteiger partial charge in [-0.1, -0.05) is 11.6 Å². The van der Waals surface area contributed by atoms with Crippen molar-refractivity contribution < 1.29 is 14.3 Å². The highest BCUT2D eigenvalue weighted by molar-refractivity contribution is 9.10. The molecule has 1 unspecified atom stereocenters. The van der Waals surface area contributed by atoms with Crippen LogP contribution in [0.15, 0.2) is 16.7 Å². The average molecular weight is 310 g/mol. The highest BCUT2D eigenvalue weighted by atomic mass is 79.9. The number of halogens is 2. The molecule has 1 aromatic rings. The van der Waals surface area contributed by atoms with E-state index in [4.69, 9.17) is 22.1 Å². The Labute approximate surface area is 106 Å². The lowest BCUT2D eigenvalue weighted by Gasteiger charge is -2.11. The van der Waals surface area contributed by atoms with E-state index in [9.17, 15) is 4.79 Å². The molecule has 7 heteroatoms. The third-order valence-electron chi connectivity index (χ3n) is 1.68. The van der Waals surface area contributed by atoms with E-state index in [0.717, 1.165) is 0 Å². The Balaban J connectivity index is 2.58. The lowest BCUT2D eigenvalue weighted by molar-refractivity contribution is -0.142. The molecule has 1 aromatic heterocycles. The van der Waals surface area contributed by atoms with Crippen LogP contribution >= 0.6 is 27.5 Å². The van der Waals surface area contributed by atoms with E-state index >= 15 is 0 Å². The molecule has 0 radical (unpaired) electrons. The number of hydrogen-bond acceptors (Lipinski definition) is 5. The topological polar surface area (TPSA) is 74.4 Å². The average Bonchev–Trinajstić information content (AvgIpc) is 2.26. The van der Waals surface area contributed by atoms with Crippen molar-refractivity contribution in [3.8, 4) is 5.88 Å². The number of carbonyl (C=O) groups is 1. The van der Waals surface area contributed by atoms with Crippen molar-refractivity contribution in [3.63, 3.8) is 0 Å². The van der Waals surface area contributed by atoms with Gasteiger partial charge < -0.3 is 15.2 Å².